The quantitative estimate of drug-likeness (QED) is 0.488. The summed E-state index contributed by atoms with van der Waals surface area (Å²) in [6.07, 6.45) is 1.82. The third-order valence-electron chi connectivity index (χ3n) is 3.36. The van der Waals surface area contributed by atoms with Crippen LogP contribution in [0.25, 0.3) is 27.8 Å². The van der Waals surface area contributed by atoms with Gasteiger partial charge in [0.05, 0.1) is 5.52 Å². The molecule has 0 amide bonds. The topological polar surface area (TPSA) is 30.7 Å². The summed E-state index contributed by atoms with van der Waals surface area (Å²) in [4.78, 5) is 9.09. The van der Waals surface area contributed by atoms with Crippen molar-refractivity contribution in [1.82, 2.24) is 14.5 Å². The highest BCUT2D eigenvalue weighted by Crippen LogP contribution is 2.29. The van der Waals surface area contributed by atoms with Crippen molar-refractivity contribution in [2.75, 3.05) is 0 Å². The summed E-state index contributed by atoms with van der Waals surface area (Å²) >= 11 is 3.43. The van der Waals surface area contributed by atoms with Crippen LogP contribution in [0.15, 0.2) is 65.4 Å². The second kappa shape index (κ2) is 4.42. The Morgan fingerprint density at radius 2 is 1.70 bits per heavy atom. The zero-order chi connectivity index (χ0) is 13.5. The van der Waals surface area contributed by atoms with Gasteiger partial charge >= 0.3 is 0 Å². The first-order valence-electron chi connectivity index (χ1n) is 6.32. The van der Waals surface area contributed by atoms with Crippen LogP contribution >= 0.6 is 15.9 Å². The number of nitrogens with zero attached hydrogens (tertiary/aromatic N) is 3. The van der Waals surface area contributed by atoms with E-state index in [-0.39, 0.29) is 0 Å². The van der Waals surface area contributed by atoms with E-state index >= 15 is 0 Å². The van der Waals surface area contributed by atoms with Crippen LogP contribution in [0.1, 0.15) is 0 Å². The minimum Gasteiger partial charge on any atom is -0.278 e. The lowest BCUT2D eigenvalue weighted by Crippen LogP contribution is -1.98. The molecule has 0 aliphatic heterocycles. The fourth-order valence-electron chi connectivity index (χ4n) is 2.55. The molecule has 4 heteroatoms. The standard InChI is InChI=1S/C16H10BrN3/c17-14-8-3-9-15(19-14)20-13-7-2-1-5-11(13)12-6-4-10-18-16(12)20/h1-10H. The van der Waals surface area contributed by atoms with E-state index < -0.39 is 0 Å². The molecule has 0 spiro atoms. The number of fused-ring (bicyclic) bond motifs is 3. The highest BCUT2D eigenvalue weighted by Gasteiger charge is 2.12. The van der Waals surface area contributed by atoms with Crippen molar-refractivity contribution in [3.8, 4) is 5.82 Å². The van der Waals surface area contributed by atoms with Crippen molar-refractivity contribution in [3.05, 3.63) is 65.4 Å². The normalized spacial score (nSPS) is 11.2. The first-order valence-corrected chi connectivity index (χ1v) is 7.11. The van der Waals surface area contributed by atoms with Gasteiger partial charge in [0.1, 0.15) is 16.1 Å². The van der Waals surface area contributed by atoms with Gasteiger partial charge < -0.3 is 0 Å². The lowest BCUT2D eigenvalue weighted by Gasteiger charge is -2.05. The van der Waals surface area contributed by atoms with Gasteiger partial charge in [-0.05, 0) is 46.3 Å². The minimum absolute atomic E-state index is 0.817. The third kappa shape index (κ3) is 1.65. The molecule has 3 aromatic heterocycles. The minimum atomic E-state index is 0.817. The summed E-state index contributed by atoms with van der Waals surface area (Å²) in [6, 6.07) is 18.3. The molecule has 0 saturated carbocycles. The number of rotatable bonds is 1. The molecule has 0 unspecified atom stereocenters. The van der Waals surface area contributed by atoms with E-state index in [1.807, 2.05) is 42.6 Å². The molecule has 0 N–H and O–H groups in total. The van der Waals surface area contributed by atoms with Crippen LogP contribution in [0, 0.1) is 0 Å². The predicted octanol–water partition coefficient (Wildman–Crippen LogP) is 4.34. The Labute approximate surface area is 124 Å². The molecule has 0 aliphatic carbocycles. The highest BCUT2D eigenvalue weighted by molar-refractivity contribution is 9.10. The highest BCUT2D eigenvalue weighted by atomic mass is 79.9. The van der Waals surface area contributed by atoms with Gasteiger partial charge in [-0.2, -0.15) is 0 Å². The summed E-state index contributed by atoms with van der Waals surface area (Å²) in [5.74, 6) is 0.865. The maximum absolute atomic E-state index is 4.56. The fourth-order valence-corrected chi connectivity index (χ4v) is 2.88. The Bertz CT molecular complexity index is 874. The van der Waals surface area contributed by atoms with E-state index in [4.69, 9.17) is 0 Å². The number of hydrogen-bond donors (Lipinski definition) is 0. The van der Waals surface area contributed by atoms with Gasteiger partial charge in [-0.3, -0.25) is 4.57 Å². The second-order valence-electron chi connectivity index (χ2n) is 4.55. The maximum Gasteiger partial charge on any atom is 0.146 e. The number of pyridine rings is 2. The van der Waals surface area contributed by atoms with Crippen LogP contribution in [0.5, 0.6) is 0 Å². The average Bonchev–Trinajstić information content (AvgIpc) is 2.82. The second-order valence-corrected chi connectivity index (χ2v) is 5.36. The number of benzene rings is 1. The Kier molecular flexibility index (Phi) is 2.57. The summed E-state index contributed by atoms with van der Waals surface area (Å²) < 4.78 is 2.91. The van der Waals surface area contributed by atoms with Gasteiger partial charge in [-0.15, -0.1) is 0 Å². The lowest BCUT2D eigenvalue weighted by molar-refractivity contribution is 1.04. The zero-order valence-electron chi connectivity index (χ0n) is 10.5. The van der Waals surface area contributed by atoms with Gasteiger partial charge in [0.15, 0.2) is 0 Å². The van der Waals surface area contributed by atoms with E-state index in [0.717, 1.165) is 27.0 Å². The fraction of sp³-hybridized carbons (Fsp3) is 0. The lowest BCUT2D eigenvalue weighted by atomic mass is 10.2. The Morgan fingerprint density at radius 3 is 2.60 bits per heavy atom. The van der Waals surface area contributed by atoms with Gasteiger partial charge in [0.25, 0.3) is 0 Å². The first-order chi connectivity index (χ1) is 9.84. The Morgan fingerprint density at radius 1 is 0.850 bits per heavy atom. The predicted molar refractivity (Wildman–Crippen MR) is 84.1 cm³/mol. The van der Waals surface area contributed by atoms with Crippen LogP contribution in [0.2, 0.25) is 0 Å². The molecule has 0 fully saturated rings. The van der Waals surface area contributed by atoms with E-state index in [9.17, 15) is 0 Å². The molecule has 20 heavy (non-hydrogen) atoms. The largest absolute Gasteiger partial charge is 0.278 e. The molecule has 0 atom stereocenters. The molecule has 0 bridgehead atoms. The molecule has 0 radical (unpaired) electrons. The number of para-hydroxylation sites is 1. The molecular weight excluding hydrogens is 314 g/mol. The zero-order valence-corrected chi connectivity index (χ0v) is 12.1. The molecule has 0 saturated heterocycles. The molecule has 1 aromatic carbocycles. The third-order valence-corrected chi connectivity index (χ3v) is 3.80. The molecule has 96 valence electrons. The van der Waals surface area contributed by atoms with Crippen LogP contribution < -0.4 is 0 Å². The van der Waals surface area contributed by atoms with Crippen molar-refractivity contribution in [1.29, 1.82) is 0 Å². The van der Waals surface area contributed by atoms with Crippen LogP contribution in [-0.4, -0.2) is 14.5 Å². The molecule has 0 aliphatic rings. The molecule has 3 nitrogen and oxygen atoms in total. The van der Waals surface area contributed by atoms with Crippen LogP contribution in [-0.2, 0) is 0 Å². The van der Waals surface area contributed by atoms with Gasteiger partial charge in [-0.1, -0.05) is 24.3 Å². The van der Waals surface area contributed by atoms with Crippen LogP contribution in [0.4, 0.5) is 0 Å². The van der Waals surface area contributed by atoms with E-state index in [2.05, 4.69) is 48.7 Å². The summed E-state index contributed by atoms with van der Waals surface area (Å²) in [5, 5.41) is 2.34. The average molecular weight is 324 g/mol. The molecule has 4 rings (SSSR count). The smallest absolute Gasteiger partial charge is 0.146 e. The van der Waals surface area contributed by atoms with Crippen molar-refractivity contribution >= 4 is 37.9 Å². The molecule has 4 aromatic rings. The van der Waals surface area contributed by atoms with Crippen molar-refractivity contribution in [2.24, 2.45) is 0 Å². The monoisotopic (exact) mass is 323 g/mol. The first kappa shape index (κ1) is 11.6. The Balaban J connectivity index is 2.21. The van der Waals surface area contributed by atoms with Crippen molar-refractivity contribution in [3.63, 3.8) is 0 Å². The number of hydrogen-bond acceptors (Lipinski definition) is 2. The van der Waals surface area contributed by atoms with E-state index in [1.54, 1.807) is 0 Å². The maximum atomic E-state index is 4.56. The van der Waals surface area contributed by atoms with E-state index in [0.29, 0.717) is 0 Å². The SMILES string of the molecule is Brc1cccc(-n2c3ccccc3c3cccnc32)n1. The molecular formula is C16H10BrN3. The number of aromatic nitrogens is 3. The van der Waals surface area contributed by atoms with E-state index in [1.165, 1.54) is 5.39 Å². The van der Waals surface area contributed by atoms with Crippen molar-refractivity contribution < 1.29 is 0 Å². The molecule has 3 heterocycles. The van der Waals surface area contributed by atoms with Gasteiger partial charge in [0, 0.05) is 17.0 Å². The van der Waals surface area contributed by atoms with Crippen molar-refractivity contribution in [2.45, 2.75) is 0 Å². The van der Waals surface area contributed by atoms with Gasteiger partial charge in [-0.25, -0.2) is 9.97 Å². The number of halogens is 1. The Hall–Kier alpha value is -2.20. The van der Waals surface area contributed by atoms with Gasteiger partial charge in [0.2, 0.25) is 0 Å². The summed E-state index contributed by atoms with van der Waals surface area (Å²) in [5.41, 5.74) is 2.05. The summed E-state index contributed by atoms with van der Waals surface area (Å²) in [7, 11) is 0. The van der Waals surface area contributed by atoms with Crippen LogP contribution in [0.3, 0.4) is 0 Å². The summed E-state index contributed by atoms with van der Waals surface area (Å²) in [6.45, 7) is 0.